The van der Waals surface area contributed by atoms with Gasteiger partial charge in [-0.25, -0.2) is 4.79 Å². The Hall–Kier alpha value is -1.67. The van der Waals surface area contributed by atoms with E-state index in [4.69, 9.17) is 10.7 Å². The zero-order valence-electron chi connectivity index (χ0n) is 8.20. The predicted octanol–water partition coefficient (Wildman–Crippen LogP) is 1.10. The van der Waals surface area contributed by atoms with Gasteiger partial charge < -0.3 is 4.18 Å². The summed E-state index contributed by atoms with van der Waals surface area (Å²) in [4.78, 5) is 20.8. The third-order valence-corrected chi connectivity index (χ3v) is 2.22. The Labute approximate surface area is 101 Å². The number of halogens is 1. The summed E-state index contributed by atoms with van der Waals surface area (Å²) in [5, 5.41) is 10.2. The Bertz CT molecular complexity index is 538. The SMILES string of the molecule is O=C(OS(=O)(=O)Cl)c1ccc(C[N+](=O)[O-])cc1. The molecule has 0 aliphatic rings. The highest BCUT2D eigenvalue weighted by atomic mass is 35.7. The summed E-state index contributed by atoms with van der Waals surface area (Å²) < 4.78 is 24.8. The normalized spacial score (nSPS) is 10.9. The van der Waals surface area contributed by atoms with Crippen LogP contribution in [0.4, 0.5) is 0 Å². The van der Waals surface area contributed by atoms with Gasteiger partial charge in [0.05, 0.1) is 16.2 Å². The van der Waals surface area contributed by atoms with Crippen LogP contribution < -0.4 is 0 Å². The summed E-state index contributed by atoms with van der Waals surface area (Å²) in [5.41, 5.74) is 0.307. The van der Waals surface area contributed by atoms with Crippen LogP contribution in [0.25, 0.3) is 0 Å². The lowest BCUT2D eigenvalue weighted by Gasteiger charge is -2.00. The monoisotopic (exact) mass is 279 g/mol. The summed E-state index contributed by atoms with van der Waals surface area (Å²) >= 11 is 0. The molecule has 1 aromatic rings. The molecular weight excluding hydrogens is 274 g/mol. The van der Waals surface area contributed by atoms with Gasteiger partial charge in [0, 0.05) is 10.5 Å². The van der Waals surface area contributed by atoms with Crippen LogP contribution in [0.3, 0.4) is 0 Å². The highest BCUT2D eigenvalue weighted by Gasteiger charge is 2.15. The second kappa shape index (κ2) is 5.11. The van der Waals surface area contributed by atoms with E-state index in [1.165, 1.54) is 24.3 Å². The van der Waals surface area contributed by atoms with Crippen LogP contribution in [0.1, 0.15) is 15.9 Å². The average molecular weight is 280 g/mol. The summed E-state index contributed by atoms with van der Waals surface area (Å²) in [6.07, 6.45) is 0. The van der Waals surface area contributed by atoms with Gasteiger partial charge in [-0.1, -0.05) is 12.1 Å². The number of benzene rings is 1. The molecule has 0 radical (unpaired) electrons. The molecule has 0 aliphatic heterocycles. The van der Waals surface area contributed by atoms with E-state index in [0.717, 1.165) is 0 Å². The van der Waals surface area contributed by atoms with Gasteiger partial charge in [0.15, 0.2) is 0 Å². The Balaban J connectivity index is 2.81. The third kappa shape index (κ3) is 4.79. The van der Waals surface area contributed by atoms with Crippen LogP contribution in [0, 0.1) is 10.1 Å². The predicted molar refractivity (Wildman–Crippen MR) is 57.3 cm³/mol. The number of hydrogen-bond donors (Lipinski definition) is 0. The highest BCUT2D eigenvalue weighted by Crippen LogP contribution is 2.10. The molecule has 17 heavy (non-hydrogen) atoms. The fourth-order valence-corrected chi connectivity index (χ4v) is 1.48. The van der Waals surface area contributed by atoms with Gasteiger partial charge in [0.25, 0.3) is 0 Å². The van der Waals surface area contributed by atoms with Gasteiger partial charge in [-0.2, -0.15) is 8.42 Å². The number of rotatable bonds is 4. The molecule has 0 N–H and O–H groups in total. The molecule has 0 amide bonds. The molecule has 92 valence electrons. The molecule has 0 saturated carbocycles. The first-order chi connectivity index (χ1) is 7.78. The van der Waals surface area contributed by atoms with Gasteiger partial charge in [0.1, 0.15) is 0 Å². The van der Waals surface area contributed by atoms with Crippen LogP contribution in [0.15, 0.2) is 24.3 Å². The van der Waals surface area contributed by atoms with Crippen LogP contribution in [-0.2, 0) is 20.1 Å². The molecule has 0 aliphatic carbocycles. The highest BCUT2D eigenvalue weighted by molar-refractivity contribution is 8.10. The largest absolute Gasteiger partial charge is 0.404 e. The Morgan fingerprint density at radius 2 is 1.88 bits per heavy atom. The fraction of sp³-hybridized carbons (Fsp3) is 0.125. The van der Waals surface area contributed by atoms with Crippen LogP contribution >= 0.6 is 10.7 Å². The van der Waals surface area contributed by atoms with E-state index in [2.05, 4.69) is 4.18 Å². The van der Waals surface area contributed by atoms with Crippen molar-refractivity contribution < 1.29 is 22.3 Å². The van der Waals surface area contributed by atoms with Crippen LogP contribution in [0.2, 0.25) is 0 Å². The minimum Gasteiger partial charge on any atom is -0.330 e. The summed E-state index contributed by atoms with van der Waals surface area (Å²) in [7, 11) is 0.332. The second-order valence-electron chi connectivity index (χ2n) is 2.95. The molecule has 0 spiro atoms. The summed E-state index contributed by atoms with van der Waals surface area (Å²) in [5.74, 6) is -1.15. The van der Waals surface area contributed by atoms with Gasteiger partial charge in [-0.3, -0.25) is 10.1 Å². The van der Waals surface area contributed by atoms with E-state index in [9.17, 15) is 23.3 Å². The van der Waals surface area contributed by atoms with E-state index in [1.54, 1.807) is 0 Å². The van der Waals surface area contributed by atoms with Gasteiger partial charge in [-0.15, -0.1) is 0 Å². The van der Waals surface area contributed by atoms with Crippen molar-refractivity contribution in [3.8, 4) is 0 Å². The Morgan fingerprint density at radius 3 is 2.29 bits per heavy atom. The fourth-order valence-electron chi connectivity index (χ4n) is 1.03. The molecule has 0 aromatic heterocycles. The molecule has 0 fully saturated rings. The zero-order valence-corrected chi connectivity index (χ0v) is 9.77. The summed E-state index contributed by atoms with van der Waals surface area (Å²) in [6.45, 7) is -0.386. The summed E-state index contributed by atoms with van der Waals surface area (Å²) in [6, 6.07) is 5.06. The molecule has 7 nitrogen and oxygen atoms in total. The van der Waals surface area contributed by atoms with E-state index in [0.29, 0.717) is 5.56 Å². The number of carbonyl (C=O) groups is 1. The minimum atomic E-state index is -4.39. The maximum atomic E-state index is 11.2. The number of carbonyl (C=O) groups excluding carboxylic acids is 1. The first kappa shape index (κ1) is 13.4. The smallest absolute Gasteiger partial charge is 0.330 e. The molecule has 1 rings (SSSR count). The van der Waals surface area contributed by atoms with Gasteiger partial charge in [0.2, 0.25) is 6.54 Å². The van der Waals surface area contributed by atoms with E-state index in [-0.39, 0.29) is 12.1 Å². The first-order valence-electron chi connectivity index (χ1n) is 4.17. The minimum absolute atomic E-state index is 0.0682. The van der Waals surface area contributed by atoms with Crippen molar-refractivity contribution in [3.63, 3.8) is 0 Å². The lowest BCUT2D eigenvalue weighted by Crippen LogP contribution is -2.08. The molecule has 0 bridgehead atoms. The molecule has 0 atom stereocenters. The first-order valence-corrected chi connectivity index (χ1v) is 6.40. The van der Waals surface area contributed by atoms with Gasteiger partial charge >= 0.3 is 15.3 Å². The van der Waals surface area contributed by atoms with Crippen molar-refractivity contribution in [1.29, 1.82) is 0 Å². The van der Waals surface area contributed by atoms with Crippen molar-refractivity contribution in [2.75, 3.05) is 0 Å². The Morgan fingerprint density at radius 1 is 1.35 bits per heavy atom. The maximum absolute atomic E-state index is 11.2. The van der Waals surface area contributed by atoms with Crippen LogP contribution in [0.5, 0.6) is 0 Å². The number of nitrogens with zero attached hydrogens (tertiary/aromatic N) is 1. The number of nitro groups is 1. The van der Waals surface area contributed by atoms with E-state index >= 15 is 0 Å². The van der Waals surface area contributed by atoms with E-state index in [1.807, 2.05) is 0 Å². The van der Waals surface area contributed by atoms with Crippen molar-refractivity contribution in [3.05, 3.63) is 45.5 Å². The molecular formula is C8H6ClNO6S. The molecule has 9 heteroatoms. The number of hydrogen-bond acceptors (Lipinski definition) is 6. The maximum Gasteiger partial charge on any atom is 0.404 e. The van der Waals surface area contributed by atoms with E-state index < -0.39 is 20.2 Å². The van der Waals surface area contributed by atoms with Crippen molar-refractivity contribution >= 4 is 26.0 Å². The van der Waals surface area contributed by atoms with Crippen molar-refractivity contribution in [1.82, 2.24) is 0 Å². The van der Waals surface area contributed by atoms with Crippen molar-refractivity contribution in [2.45, 2.75) is 6.54 Å². The lowest BCUT2D eigenvalue weighted by atomic mass is 10.1. The zero-order chi connectivity index (χ0) is 13.1. The average Bonchev–Trinajstić information content (AvgIpc) is 2.15. The topological polar surface area (TPSA) is 104 Å². The van der Waals surface area contributed by atoms with Crippen molar-refractivity contribution in [2.24, 2.45) is 0 Å². The standard InChI is InChI=1S/C8H6ClNO6S/c9-17(14,15)16-8(11)7-3-1-6(2-4-7)5-10(12)13/h1-4H,5H2. The lowest BCUT2D eigenvalue weighted by molar-refractivity contribution is -0.496. The van der Waals surface area contributed by atoms with Crippen LogP contribution in [-0.4, -0.2) is 19.3 Å². The molecule has 1 aromatic carbocycles. The third-order valence-electron chi connectivity index (χ3n) is 1.68. The Kier molecular flexibility index (Phi) is 4.02. The molecule has 0 heterocycles. The molecule has 0 unspecified atom stereocenters. The van der Waals surface area contributed by atoms with Gasteiger partial charge in [-0.05, 0) is 12.1 Å². The second-order valence-corrected chi connectivity index (χ2v) is 5.04. The quantitative estimate of drug-likeness (QED) is 0.464. The molecule has 0 saturated heterocycles.